The molecule has 0 saturated carbocycles. The molecule has 2 aromatic rings. The lowest BCUT2D eigenvalue weighted by atomic mass is 10.3. The summed E-state index contributed by atoms with van der Waals surface area (Å²) in [5, 5.41) is 0. The van der Waals surface area contributed by atoms with Crippen molar-refractivity contribution in [2.75, 3.05) is 0 Å². The molecule has 0 amide bonds. The average Bonchev–Trinajstić information content (AvgIpc) is 2.45. The molecule has 2 aromatic heterocycles. The molecule has 0 aromatic carbocycles. The number of H-pyrrole nitrogens is 2. The van der Waals surface area contributed by atoms with Crippen LogP contribution >= 0.6 is 0 Å². The van der Waals surface area contributed by atoms with E-state index in [1.165, 1.54) is 7.05 Å². The van der Waals surface area contributed by atoms with Crippen LogP contribution in [0.2, 0.25) is 0 Å². The molecular weight excluding hydrogens is 170 g/mol. The molecule has 0 fully saturated rings. The Morgan fingerprint density at radius 1 is 1.31 bits per heavy atom. The Labute approximate surface area is 73.0 Å². The van der Waals surface area contributed by atoms with Crippen LogP contribution in [0.5, 0.6) is 0 Å². The monoisotopic (exact) mass is 179 g/mol. The molecule has 0 unspecified atom stereocenters. The minimum atomic E-state index is -0.389. The van der Waals surface area contributed by atoms with Crippen LogP contribution in [0.15, 0.2) is 15.8 Å². The Balaban J connectivity index is 3.14. The third-order valence-electron chi connectivity index (χ3n) is 2.13. The van der Waals surface area contributed by atoms with Gasteiger partial charge < -0.3 is 9.97 Å². The summed E-state index contributed by atoms with van der Waals surface area (Å²) < 4.78 is 1.04. The number of nitrogens with one attached hydrogen (secondary N) is 2. The predicted octanol–water partition coefficient (Wildman–Crippen LogP) is -0.137. The first-order valence-electron chi connectivity index (χ1n) is 3.88. The zero-order valence-electron chi connectivity index (χ0n) is 7.34. The number of rotatable bonds is 0. The Kier molecular flexibility index (Phi) is 1.42. The van der Waals surface area contributed by atoms with Gasteiger partial charge in [-0.3, -0.25) is 9.36 Å². The van der Waals surface area contributed by atoms with Gasteiger partial charge in [0, 0.05) is 13.2 Å². The maximum atomic E-state index is 11.5. The standard InChI is InChI=1S/C8H9N3O2/c1-4-3-9-6-5(4)10-8(13)11(2)7(6)12/h3,9H,1-2H3,(H,10,13). The molecule has 5 nitrogen and oxygen atoms in total. The highest BCUT2D eigenvalue weighted by Crippen LogP contribution is 2.07. The summed E-state index contributed by atoms with van der Waals surface area (Å²) >= 11 is 0. The normalized spacial score (nSPS) is 10.9. The van der Waals surface area contributed by atoms with E-state index < -0.39 is 0 Å². The molecule has 0 saturated heterocycles. The molecule has 2 rings (SSSR count). The first-order chi connectivity index (χ1) is 6.11. The van der Waals surface area contributed by atoms with E-state index in [9.17, 15) is 9.59 Å². The second-order valence-electron chi connectivity index (χ2n) is 3.02. The average molecular weight is 179 g/mol. The highest BCUT2D eigenvalue weighted by atomic mass is 16.2. The van der Waals surface area contributed by atoms with E-state index in [0.717, 1.165) is 10.1 Å². The van der Waals surface area contributed by atoms with E-state index in [1.807, 2.05) is 6.92 Å². The summed E-state index contributed by atoms with van der Waals surface area (Å²) in [7, 11) is 1.44. The molecule has 0 aliphatic carbocycles. The summed E-state index contributed by atoms with van der Waals surface area (Å²) in [6.07, 6.45) is 1.70. The van der Waals surface area contributed by atoms with Gasteiger partial charge in [0.25, 0.3) is 5.56 Å². The van der Waals surface area contributed by atoms with Crippen molar-refractivity contribution in [2.24, 2.45) is 7.05 Å². The van der Waals surface area contributed by atoms with Gasteiger partial charge in [0.2, 0.25) is 0 Å². The lowest BCUT2D eigenvalue weighted by Crippen LogP contribution is -2.32. The maximum absolute atomic E-state index is 11.5. The fourth-order valence-electron chi connectivity index (χ4n) is 1.30. The number of hydrogen-bond donors (Lipinski definition) is 2. The van der Waals surface area contributed by atoms with Gasteiger partial charge in [-0.25, -0.2) is 4.79 Å². The maximum Gasteiger partial charge on any atom is 0.328 e. The van der Waals surface area contributed by atoms with Crippen molar-refractivity contribution >= 4 is 11.0 Å². The molecule has 2 heterocycles. The number of aromatic amines is 2. The fraction of sp³-hybridized carbons (Fsp3) is 0.250. The lowest BCUT2D eigenvalue weighted by molar-refractivity contribution is 0.792. The number of fused-ring (bicyclic) bond motifs is 1. The van der Waals surface area contributed by atoms with Crippen LogP contribution in [0.3, 0.4) is 0 Å². The Hall–Kier alpha value is -1.78. The van der Waals surface area contributed by atoms with Crippen LogP contribution in [-0.4, -0.2) is 14.5 Å². The van der Waals surface area contributed by atoms with E-state index in [4.69, 9.17) is 0 Å². The minimum absolute atomic E-state index is 0.299. The van der Waals surface area contributed by atoms with Crippen molar-refractivity contribution in [3.8, 4) is 0 Å². The second kappa shape index (κ2) is 2.35. The number of aromatic nitrogens is 3. The van der Waals surface area contributed by atoms with Crippen LogP contribution in [0, 0.1) is 6.92 Å². The van der Waals surface area contributed by atoms with Gasteiger partial charge in [-0.05, 0) is 12.5 Å². The third kappa shape index (κ3) is 0.932. The fourth-order valence-corrected chi connectivity index (χ4v) is 1.30. The quantitative estimate of drug-likeness (QED) is 0.591. The Bertz CT molecular complexity index is 573. The summed E-state index contributed by atoms with van der Waals surface area (Å²) in [4.78, 5) is 28.1. The van der Waals surface area contributed by atoms with E-state index in [0.29, 0.717) is 11.0 Å². The van der Waals surface area contributed by atoms with Gasteiger partial charge in [-0.15, -0.1) is 0 Å². The molecule has 0 atom stereocenters. The highest BCUT2D eigenvalue weighted by molar-refractivity contribution is 5.77. The van der Waals surface area contributed by atoms with Crippen molar-refractivity contribution in [1.29, 1.82) is 0 Å². The van der Waals surface area contributed by atoms with Crippen LogP contribution in [0.1, 0.15) is 5.56 Å². The number of hydrogen-bond acceptors (Lipinski definition) is 2. The van der Waals surface area contributed by atoms with Crippen molar-refractivity contribution in [2.45, 2.75) is 6.92 Å². The lowest BCUT2D eigenvalue weighted by Gasteiger charge is -1.95. The van der Waals surface area contributed by atoms with E-state index in [2.05, 4.69) is 9.97 Å². The summed E-state index contributed by atoms with van der Waals surface area (Å²) in [5.41, 5.74) is 1.21. The molecule has 0 aliphatic rings. The van der Waals surface area contributed by atoms with Gasteiger partial charge in [0.05, 0.1) is 5.52 Å². The van der Waals surface area contributed by atoms with E-state index in [1.54, 1.807) is 6.20 Å². The largest absolute Gasteiger partial charge is 0.355 e. The van der Waals surface area contributed by atoms with Crippen LogP contribution in [0.4, 0.5) is 0 Å². The first-order valence-corrected chi connectivity index (χ1v) is 3.88. The van der Waals surface area contributed by atoms with Crippen molar-refractivity contribution in [3.05, 3.63) is 32.6 Å². The van der Waals surface area contributed by atoms with Crippen LogP contribution in [-0.2, 0) is 7.05 Å². The molecular formula is C8H9N3O2. The van der Waals surface area contributed by atoms with Gasteiger partial charge in [-0.2, -0.15) is 0 Å². The summed E-state index contributed by atoms with van der Waals surface area (Å²) in [6, 6.07) is 0. The Morgan fingerprint density at radius 2 is 2.00 bits per heavy atom. The molecule has 5 heteroatoms. The number of aryl methyl sites for hydroxylation is 1. The van der Waals surface area contributed by atoms with Crippen molar-refractivity contribution in [3.63, 3.8) is 0 Å². The van der Waals surface area contributed by atoms with Gasteiger partial charge in [-0.1, -0.05) is 0 Å². The van der Waals surface area contributed by atoms with Gasteiger partial charge >= 0.3 is 5.69 Å². The van der Waals surface area contributed by atoms with E-state index >= 15 is 0 Å². The highest BCUT2D eigenvalue weighted by Gasteiger charge is 2.06. The summed E-state index contributed by atoms with van der Waals surface area (Å²) in [6.45, 7) is 1.83. The molecule has 0 aliphatic heterocycles. The number of nitrogens with zero attached hydrogens (tertiary/aromatic N) is 1. The molecule has 68 valence electrons. The molecule has 2 N–H and O–H groups in total. The van der Waals surface area contributed by atoms with Crippen LogP contribution < -0.4 is 11.2 Å². The minimum Gasteiger partial charge on any atom is -0.355 e. The zero-order valence-corrected chi connectivity index (χ0v) is 7.34. The predicted molar refractivity (Wildman–Crippen MR) is 48.9 cm³/mol. The molecule has 0 radical (unpaired) electrons. The second-order valence-corrected chi connectivity index (χ2v) is 3.02. The topological polar surface area (TPSA) is 70.7 Å². The van der Waals surface area contributed by atoms with Crippen molar-refractivity contribution in [1.82, 2.24) is 14.5 Å². The third-order valence-corrected chi connectivity index (χ3v) is 2.13. The van der Waals surface area contributed by atoms with E-state index in [-0.39, 0.29) is 11.2 Å². The SMILES string of the molecule is Cc1c[nH]c2c(=O)n(C)c(=O)[nH]c12. The molecule has 13 heavy (non-hydrogen) atoms. The van der Waals surface area contributed by atoms with Gasteiger partial charge in [0.1, 0.15) is 5.52 Å². The molecule has 0 bridgehead atoms. The Morgan fingerprint density at radius 3 is 2.69 bits per heavy atom. The zero-order chi connectivity index (χ0) is 9.59. The van der Waals surface area contributed by atoms with Crippen LogP contribution in [0.25, 0.3) is 11.0 Å². The van der Waals surface area contributed by atoms with Gasteiger partial charge in [0.15, 0.2) is 0 Å². The summed E-state index contributed by atoms with van der Waals surface area (Å²) in [5.74, 6) is 0. The molecule has 0 spiro atoms. The first kappa shape index (κ1) is 7.85. The van der Waals surface area contributed by atoms with Crippen molar-refractivity contribution < 1.29 is 0 Å². The smallest absolute Gasteiger partial charge is 0.328 e.